The van der Waals surface area contributed by atoms with Crippen LogP contribution in [0.5, 0.6) is 0 Å². The van der Waals surface area contributed by atoms with Gasteiger partial charge in [0.2, 0.25) is 11.8 Å². The second kappa shape index (κ2) is 18.8. The molecule has 41 heavy (non-hydrogen) atoms. The van der Waals surface area contributed by atoms with Crippen molar-refractivity contribution in [2.75, 3.05) is 6.54 Å². The molecule has 2 aromatic rings. The number of carbonyl (C=O) groups excluding carboxylic acids is 4. The minimum Gasteiger partial charge on any atom is -0.460 e. The van der Waals surface area contributed by atoms with Crippen molar-refractivity contribution in [3.05, 3.63) is 71.8 Å². The molecule has 2 amide bonds. The summed E-state index contributed by atoms with van der Waals surface area (Å²) in [5.41, 5.74) is 0.718. The summed E-state index contributed by atoms with van der Waals surface area (Å²) in [4.78, 5) is 50.5. The Kier molecular flexibility index (Phi) is 16.3. The van der Waals surface area contributed by atoms with E-state index in [1.54, 1.807) is 0 Å². The maximum absolute atomic E-state index is 13.3. The number of carbonyl (C=O) groups is 4. The molecule has 2 rings (SSSR count). The number of hydrogen-bond donors (Lipinski definition) is 2. The number of unbranched alkanes of at least 4 members (excludes halogenated alkanes) is 1. The highest BCUT2D eigenvalue weighted by Crippen LogP contribution is 2.24. The number of ether oxygens (including phenoxy) is 1. The van der Waals surface area contributed by atoms with Crippen LogP contribution in [0, 0.1) is 24.2 Å². The van der Waals surface area contributed by atoms with E-state index in [-0.39, 0.29) is 25.0 Å². The number of amides is 2. The van der Waals surface area contributed by atoms with Crippen LogP contribution in [-0.4, -0.2) is 36.2 Å². The molecule has 2 aromatic carbocycles. The quantitative estimate of drug-likeness (QED) is 0.152. The minimum absolute atomic E-state index is 0.0702. The highest BCUT2D eigenvalue weighted by Gasteiger charge is 2.42. The molecule has 0 saturated heterocycles. The summed E-state index contributed by atoms with van der Waals surface area (Å²) >= 11 is 0. The highest BCUT2D eigenvalue weighted by molar-refractivity contribution is 6.06. The predicted octanol–water partition coefficient (Wildman–Crippen LogP) is 6.18. The summed E-state index contributed by atoms with van der Waals surface area (Å²) in [6.07, 6.45) is 3.56. The van der Waals surface area contributed by atoms with Crippen LogP contribution in [0.3, 0.4) is 0 Å². The summed E-state index contributed by atoms with van der Waals surface area (Å²) in [5, 5.41) is 5.32. The minimum atomic E-state index is -1.43. The van der Waals surface area contributed by atoms with Crippen LogP contribution in [0.2, 0.25) is 0 Å². The number of ketones is 1. The van der Waals surface area contributed by atoms with Gasteiger partial charge in [-0.15, -0.1) is 0 Å². The second-order valence-electron chi connectivity index (χ2n) is 11.9. The molecule has 7 heteroatoms. The fourth-order valence-electron chi connectivity index (χ4n) is 4.03. The number of rotatable bonds is 15. The molecular weight excluding hydrogens is 516 g/mol. The maximum atomic E-state index is 13.3. The van der Waals surface area contributed by atoms with Crippen LogP contribution in [0.25, 0.3) is 0 Å². The molecule has 226 valence electrons. The number of aryl methyl sites for hydroxylation is 1. The summed E-state index contributed by atoms with van der Waals surface area (Å²) in [5.74, 6) is -0.977. The Hall–Kier alpha value is -3.48. The second-order valence-corrected chi connectivity index (χ2v) is 11.9. The molecule has 0 aliphatic rings. The van der Waals surface area contributed by atoms with Gasteiger partial charge in [0, 0.05) is 6.42 Å². The molecule has 0 aromatic heterocycles. The Bertz CT molecular complexity index is 1070. The molecule has 0 unspecified atom stereocenters. The third kappa shape index (κ3) is 15.2. The van der Waals surface area contributed by atoms with Crippen molar-refractivity contribution in [3.8, 4) is 0 Å². The zero-order valence-corrected chi connectivity index (χ0v) is 26.0. The van der Waals surface area contributed by atoms with Crippen molar-refractivity contribution < 1.29 is 23.9 Å². The van der Waals surface area contributed by atoms with Crippen molar-refractivity contribution >= 4 is 23.6 Å². The normalized spacial score (nSPS) is 11.7. The van der Waals surface area contributed by atoms with E-state index in [2.05, 4.69) is 43.5 Å². The Morgan fingerprint density at radius 1 is 0.805 bits per heavy atom. The summed E-state index contributed by atoms with van der Waals surface area (Å²) < 4.78 is 5.39. The number of esters is 1. The van der Waals surface area contributed by atoms with Gasteiger partial charge in [0.15, 0.2) is 5.78 Å². The fourth-order valence-corrected chi connectivity index (χ4v) is 4.03. The van der Waals surface area contributed by atoms with Crippen LogP contribution in [0.15, 0.2) is 60.7 Å². The Morgan fingerprint density at radius 3 is 1.90 bits per heavy atom. The predicted molar refractivity (Wildman–Crippen MR) is 164 cm³/mol. The average molecular weight is 567 g/mol. The summed E-state index contributed by atoms with van der Waals surface area (Å²) in [6, 6.07) is 18.6. The lowest BCUT2D eigenvalue weighted by molar-refractivity contribution is -0.160. The number of hydrogen-bond acceptors (Lipinski definition) is 5. The third-order valence-electron chi connectivity index (χ3n) is 6.52. The first-order valence-corrected chi connectivity index (χ1v) is 14.7. The largest absolute Gasteiger partial charge is 0.460 e. The van der Waals surface area contributed by atoms with E-state index in [9.17, 15) is 19.2 Å². The molecule has 0 aliphatic heterocycles. The van der Waals surface area contributed by atoms with Crippen LogP contribution in [0.1, 0.15) is 84.8 Å². The van der Waals surface area contributed by atoms with Gasteiger partial charge in [-0.2, -0.15) is 0 Å². The van der Waals surface area contributed by atoms with Gasteiger partial charge in [0.25, 0.3) is 0 Å². The molecule has 0 heterocycles. The van der Waals surface area contributed by atoms with E-state index in [4.69, 9.17) is 4.74 Å². The average Bonchev–Trinajstić information content (AvgIpc) is 2.93. The monoisotopic (exact) mass is 566 g/mol. The maximum Gasteiger partial charge on any atom is 0.319 e. The van der Waals surface area contributed by atoms with Crippen molar-refractivity contribution in [3.63, 3.8) is 0 Å². The zero-order valence-electron chi connectivity index (χ0n) is 26.0. The zero-order chi connectivity index (χ0) is 30.8. The van der Waals surface area contributed by atoms with E-state index < -0.39 is 29.1 Å². The molecular formula is C34H50N2O5. The van der Waals surface area contributed by atoms with Crippen LogP contribution >= 0.6 is 0 Å². The molecule has 0 radical (unpaired) electrons. The summed E-state index contributed by atoms with van der Waals surface area (Å²) in [7, 11) is 0. The molecule has 2 N–H and O–H groups in total. The molecule has 0 spiro atoms. The molecule has 1 atom stereocenters. The van der Waals surface area contributed by atoms with Gasteiger partial charge in [-0.1, -0.05) is 107 Å². The summed E-state index contributed by atoms with van der Waals surface area (Å²) in [6.45, 7) is 13.1. The molecule has 0 fully saturated rings. The lowest BCUT2D eigenvalue weighted by atomic mass is 9.81. The first kappa shape index (κ1) is 35.5. The van der Waals surface area contributed by atoms with E-state index >= 15 is 0 Å². The van der Waals surface area contributed by atoms with Gasteiger partial charge in [-0.25, -0.2) is 0 Å². The van der Waals surface area contributed by atoms with Gasteiger partial charge in [0.1, 0.15) is 12.0 Å². The molecule has 0 aliphatic carbocycles. The topological polar surface area (TPSA) is 102 Å². The van der Waals surface area contributed by atoms with E-state index in [0.29, 0.717) is 18.8 Å². The lowest BCUT2D eigenvalue weighted by Gasteiger charge is -2.28. The van der Waals surface area contributed by atoms with Crippen molar-refractivity contribution in [2.45, 2.75) is 93.2 Å². The highest BCUT2D eigenvalue weighted by atomic mass is 16.5. The Morgan fingerprint density at radius 2 is 1.39 bits per heavy atom. The third-order valence-corrected chi connectivity index (χ3v) is 6.52. The Balaban J connectivity index is 0.00000104. The standard InChI is InChI=1S/C27H42N2O5.C7H8/c1-19(2)12-10-11-15-23(30)28-17-24(31)29-22(16-20(3)4)25(32)27(5,6)26(33)34-18-21-13-8-7-9-14-21;1-7-5-3-2-4-6-7/h7-9,13-14,19-20,22H,10-12,15-18H2,1-6H3,(H,28,30)(H,29,31);2-6H,1H3/t22-;/m0./s1. The Labute approximate surface area is 246 Å². The van der Waals surface area contributed by atoms with E-state index in [0.717, 1.165) is 24.8 Å². The van der Waals surface area contributed by atoms with Crippen molar-refractivity contribution in [1.29, 1.82) is 0 Å². The van der Waals surface area contributed by atoms with E-state index in [1.165, 1.54) is 19.4 Å². The first-order valence-electron chi connectivity index (χ1n) is 14.7. The van der Waals surface area contributed by atoms with Gasteiger partial charge in [-0.05, 0) is 51.0 Å². The van der Waals surface area contributed by atoms with Crippen LogP contribution in [-0.2, 0) is 30.5 Å². The first-order chi connectivity index (χ1) is 19.3. The van der Waals surface area contributed by atoms with Crippen molar-refractivity contribution in [2.24, 2.45) is 17.3 Å². The lowest BCUT2D eigenvalue weighted by Crippen LogP contribution is -2.52. The number of Topliss-reactive ketones (excluding diaryl/α,β-unsaturated/α-hetero) is 1. The molecule has 7 nitrogen and oxygen atoms in total. The van der Waals surface area contributed by atoms with Gasteiger partial charge in [0.05, 0.1) is 12.6 Å². The van der Waals surface area contributed by atoms with Crippen LogP contribution < -0.4 is 10.6 Å². The van der Waals surface area contributed by atoms with Gasteiger partial charge < -0.3 is 15.4 Å². The SMILES string of the molecule is CC(C)CCCCC(=O)NCC(=O)N[C@@H](CC(C)C)C(=O)C(C)(C)C(=O)OCc1ccccc1.Cc1ccccc1. The fraction of sp³-hybridized carbons (Fsp3) is 0.529. The smallest absolute Gasteiger partial charge is 0.319 e. The molecule has 0 bridgehead atoms. The van der Waals surface area contributed by atoms with Gasteiger partial charge >= 0.3 is 5.97 Å². The van der Waals surface area contributed by atoms with Crippen LogP contribution in [0.4, 0.5) is 0 Å². The van der Waals surface area contributed by atoms with Gasteiger partial charge in [-0.3, -0.25) is 19.2 Å². The van der Waals surface area contributed by atoms with Crippen molar-refractivity contribution in [1.82, 2.24) is 10.6 Å². The number of benzene rings is 2. The van der Waals surface area contributed by atoms with E-state index in [1.807, 2.05) is 62.4 Å². The molecule has 0 saturated carbocycles. The number of nitrogens with one attached hydrogen (secondary N) is 2.